The van der Waals surface area contributed by atoms with Gasteiger partial charge >= 0.3 is 0 Å². The molecule has 1 heterocycles. The molecule has 4 nitrogen and oxygen atoms in total. The van der Waals surface area contributed by atoms with Gasteiger partial charge in [-0.2, -0.15) is 5.10 Å². The van der Waals surface area contributed by atoms with Crippen molar-refractivity contribution < 1.29 is 4.74 Å². The van der Waals surface area contributed by atoms with E-state index < -0.39 is 0 Å². The number of nitrogens with one attached hydrogen (secondary N) is 1. The average Bonchev–Trinajstić information content (AvgIpc) is 2.50. The highest BCUT2D eigenvalue weighted by Crippen LogP contribution is 2.21. The maximum absolute atomic E-state index is 5.89. The van der Waals surface area contributed by atoms with E-state index in [2.05, 4.69) is 38.1 Å². The molecule has 1 aromatic rings. The van der Waals surface area contributed by atoms with Gasteiger partial charge in [-0.15, -0.1) is 0 Å². The molecule has 0 spiro atoms. The van der Waals surface area contributed by atoms with Crippen molar-refractivity contribution in [3.05, 3.63) is 11.3 Å². The number of nitrogens with zero attached hydrogens (tertiary/aromatic N) is 2. The smallest absolute Gasteiger partial charge is 0.216 e. The van der Waals surface area contributed by atoms with Crippen molar-refractivity contribution in [3.63, 3.8) is 0 Å². The standard InChI is InChI=1S/C14H27N3O/c1-10(2)7-8-18-14-13(9-15-11(3)4)12(5)16-17(14)6/h10-11,15H,7-9H2,1-6H3. The molecule has 0 bridgehead atoms. The lowest BCUT2D eigenvalue weighted by molar-refractivity contribution is 0.264. The second-order valence-electron chi connectivity index (χ2n) is 5.56. The summed E-state index contributed by atoms with van der Waals surface area (Å²) in [4.78, 5) is 0. The highest BCUT2D eigenvalue weighted by molar-refractivity contribution is 5.30. The molecule has 0 aromatic carbocycles. The molecule has 18 heavy (non-hydrogen) atoms. The van der Waals surface area contributed by atoms with Crippen LogP contribution in [0.4, 0.5) is 0 Å². The second-order valence-corrected chi connectivity index (χ2v) is 5.56. The van der Waals surface area contributed by atoms with Crippen LogP contribution >= 0.6 is 0 Å². The first kappa shape index (κ1) is 15.0. The van der Waals surface area contributed by atoms with Crippen LogP contribution in [0.2, 0.25) is 0 Å². The quantitative estimate of drug-likeness (QED) is 0.812. The van der Waals surface area contributed by atoms with Crippen molar-refractivity contribution in [1.82, 2.24) is 15.1 Å². The molecular weight excluding hydrogens is 226 g/mol. The summed E-state index contributed by atoms with van der Waals surface area (Å²) in [5.41, 5.74) is 2.22. The molecule has 0 unspecified atom stereocenters. The summed E-state index contributed by atoms with van der Waals surface area (Å²) in [6.45, 7) is 12.3. The molecule has 1 rings (SSSR count). The van der Waals surface area contributed by atoms with Gasteiger partial charge in [-0.25, -0.2) is 4.68 Å². The SMILES string of the molecule is Cc1nn(C)c(OCCC(C)C)c1CNC(C)C. The minimum atomic E-state index is 0.466. The lowest BCUT2D eigenvalue weighted by Gasteiger charge is -2.12. The van der Waals surface area contributed by atoms with E-state index in [0.717, 1.165) is 31.1 Å². The second kappa shape index (κ2) is 6.78. The van der Waals surface area contributed by atoms with Gasteiger partial charge in [0, 0.05) is 19.6 Å². The predicted octanol–water partition coefficient (Wildman–Crippen LogP) is 2.65. The Labute approximate surface area is 111 Å². The predicted molar refractivity (Wildman–Crippen MR) is 74.9 cm³/mol. The molecule has 0 saturated heterocycles. The van der Waals surface area contributed by atoms with E-state index in [0.29, 0.717) is 12.0 Å². The molecular formula is C14H27N3O. The van der Waals surface area contributed by atoms with Crippen LogP contribution in [-0.4, -0.2) is 22.4 Å². The van der Waals surface area contributed by atoms with Crippen molar-refractivity contribution in [2.75, 3.05) is 6.61 Å². The number of aromatic nitrogens is 2. The highest BCUT2D eigenvalue weighted by Gasteiger charge is 2.14. The monoisotopic (exact) mass is 253 g/mol. The molecule has 4 heteroatoms. The number of ether oxygens (including phenoxy) is 1. The van der Waals surface area contributed by atoms with Gasteiger partial charge in [0.2, 0.25) is 5.88 Å². The zero-order valence-corrected chi connectivity index (χ0v) is 12.6. The summed E-state index contributed by atoms with van der Waals surface area (Å²) in [6.07, 6.45) is 1.07. The summed E-state index contributed by atoms with van der Waals surface area (Å²) in [6, 6.07) is 0.466. The Hall–Kier alpha value is -1.03. The Morgan fingerprint density at radius 1 is 1.28 bits per heavy atom. The Morgan fingerprint density at radius 2 is 1.94 bits per heavy atom. The Kier molecular flexibility index (Phi) is 5.66. The van der Waals surface area contributed by atoms with Gasteiger partial charge < -0.3 is 10.1 Å². The molecule has 1 aromatic heterocycles. The maximum Gasteiger partial charge on any atom is 0.216 e. The number of hydrogen-bond donors (Lipinski definition) is 1. The fourth-order valence-electron chi connectivity index (χ4n) is 1.76. The third kappa shape index (κ3) is 4.33. The Bertz CT molecular complexity index is 369. The van der Waals surface area contributed by atoms with Crippen LogP contribution in [0, 0.1) is 12.8 Å². The van der Waals surface area contributed by atoms with E-state index >= 15 is 0 Å². The minimum absolute atomic E-state index is 0.466. The highest BCUT2D eigenvalue weighted by atomic mass is 16.5. The van der Waals surface area contributed by atoms with Crippen LogP contribution < -0.4 is 10.1 Å². The molecule has 0 saturated carbocycles. The van der Waals surface area contributed by atoms with E-state index in [4.69, 9.17) is 4.74 Å². The van der Waals surface area contributed by atoms with Crippen molar-refractivity contribution in [3.8, 4) is 5.88 Å². The Morgan fingerprint density at radius 3 is 2.50 bits per heavy atom. The lowest BCUT2D eigenvalue weighted by atomic mass is 10.1. The van der Waals surface area contributed by atoms with Gasteiger partial charge in [0.05, 0.1) is 17.9 Å². The molecule has 0 radical (unpaired) electrons. The first-order valence-corrected chi connectivity index (χ1v) is 6.80. The van der Waals surface area contributed by atoms with Crippen molar-refractivity contribution in [2.24, 2.45) is 13.0 Å². The first-order valence-electron chi connectivity index (χ1n) is 6.80. The van der Waals surface area contributed by atoms with E-state index in [1.807, 2.05) is 18.7 Å². The molecule has 1 N–H and O–H groups in total. The summed E-state index contributed by atoms with van der Waals surface area (Å²) in [5, 5.41) is 7.86. The van der Waals surface area contributed by atoms with E-state index in [9.17, 15) is 0 Å². The van der Waals surface area contributed by atoms with Crippen molar-refractivity contribution in [2.45, 2.75) is 53.6 Å². The van der Waals surface area contributed by atoms with Gasteiger partial charge in [-0.1, -0.05) is 27.7 Å². The molecule has 0 amide bonds. The molecule has 0 aliphatic carbocycles. The molecule has 0 aliphatic rings. The number of aryl methyl sites for hydroxylation is 2. The van der Waals surface area contributed by atoms with Crippen LogP contribution in [0.1, 0.15) is 45.4 Å². The number of hydrogen-bond acceptors (Lipinski definition) is 3. The van der Waals surface area contributed by atoms with Crippen LogP contribution in [0.3, 0.4) is 0 Å². The van der Waals surface area contributed by atoms with Crippen LogP contribution in [0.25, 0.3) is 0 Å². The summed E-state index contributed by atoms with van der Waals surface area (Å²) < 4.78 is 7.73. The maximum atomic E-state index is 5.89. The third-order valence-corrected chi connectivity index (χ3v) is 2.91. The normalized spacial score (nSPS) is 11.6. The molecule has 104 valence electrons. The van der Waals surface area contributed by atoms with Gasteiger partial charge in [-0.3, -0.25) is 0 Å². The topological polar surface area (TPSA) is 39.1 Å². The molecule has 0 atom stereocenters. The fraction of sp³-hybridized carbons (Fsp3) is 0.786. The van der Waals surface area contributed by atoms with Crippen LogP contribution in [0.5, 0.6) is 5.88 Å². The minimum Gasteiger partial charge on any atom is -0.478 e. The Balaban J connectivity index is 2.69. The van der Waals surface area contributed by atoms with E-state index in [-0.39, 0.29) is 0 Å². The lowest BCUT2D eigenvalue weighted by Crippen LogP contribution is -2.22. The molecule has 0 fully saturated rings. The largest absolute Gasteiger partial charge is 0.478 e. The van der Waals surface area contributed by atoms with Gasteiger partial charge in [0.25, 0.3) is 0 Å². The van der Waals surface area contributed by atoms with Gasteiger partial charge in [-0.05, 0) is 19.3 Å². The van der Waals surface area contributed by atoms with E-state index in [1.165, 1.54) is 5.56 Å². The zero-order valence-electron chi connectivity index (χ0n) is 12.6. The third-order valence-electron chi connectivity index (χ3n) is 2.91. The summed E-state index contributed by atoms with van der Waals surface area (Å²) >= 11 is 0. The van der Waals surface area contributed by atoms with Crippen molar-refractivity contribution >= 4 is 0 Å². The van der Waals surface area contributed by atoms with Gasteiger partial charge in [0.1, 0.15) is 0 Å². The molecule has 0 aliphatic heterocycles. The number of rotatable bonds is 7. The zero-order chi connectivity index (χ0) is 13.7. The van der Waals surface area contributed by atoms with Crippen LogP contribution in [0.15, 0.2) is 0 Å². The van der Waals surface area contributed by atoms with Gasteiger partial charge in [0.15, 0.2) is 0 Å². The van der Waals surface area contributed by atoms with E-state index in [1.54, 1.807) is 0 Å². The van der Waals surface area contributed by atoms with Crippen LogP contribution in [-0.2, 0) is 13.6 Å². The average molecular weight is 253 g/mol. The first-order chi connectivity index (χ1) is 8.41. The summed E-state index contributed by atoms with van der Waals surface area (Å²) in [7, 11) is 1.94. The summed E-state index contributed by atoms with van der Waals surface area (Å²) in [5.74, 6) is 1.57. The van der Waals surface area contributed by atoms with Crippen molar-refractivity contribution in [1.29, 1.82) is 0 Å². The fourth-order valence-corrected chi connectivity index (χ4v) is 1.76.